The summed E-state index contributed by atoms with van der Waals surface area (Å²) < 4.78 is 2.76. The molecule has 0 radical (unpaired) electrons. The standard InChI is InChI=1S/C18H17BrN6O/c19-15-9-14(11-20-12-15)18(26)25-7-5-24(6-8-25)17-10-16(21-13-22-17)23-3-1-2-4-23/h1-4,9-13H,5-8H2. The molecule has 7 nitrogen and oxygen atoms in total. The molecular weight excluding hydrogens is 396 g/mol. The average Bonchev–Trinajstić information content (AvgIpc) is 3.23. The highest BCUT2D eigenvalue weighted by atomic mass is 79.9. The summed E-state index contributed by atoms with van der Waals surface area (Å²) in [6.07, 6.45) is 8.76. The SMILES string of the molecule is O=C(c1cncc(Br)c1)N1CCN(c2cc(-n3cccc3)ncn2)CC1. The molecule has 4 heterocycles. The molecule has 0 aromatic carbocycles. The van der Waals surface area contributed by atoms with Crippen molar-refractivity contribution in [1.82, 2.24) is 24.4 Å². The van der Waals surface area contributed by atoms with E-state index in [0.717, 1.165) is 29.2 Å². The average molecular weight is 413 g/mol. The minimum atomic E-state index is 0.00849. The van der Waals surface area contributed by atoms with Crippen LogP contribution in [0, 0.1) is 0 Å². The lowest BCUT2D eigenvalue weighted by molar-refractivity contribution is 0.0746. The summed E-state index contributed by atoms with van der Waals surface area (Å²) in [5.74, 6) is 1.72. The second kappa shape index (κ2) is 7.25. The number of hydrogen-bond acceptors (Lipinski definition) is 5. The summed E-state index contributed by atoms with van der Waals surface area (Å²) in [6.45, 7) is 2.76. The Morgan fingerprint density at radius 3 is 2.42 bits per heavy atom. The number of pyridine rings is 1. The minimum absolute atomic E-state index is 0.00849. The van der Waals surface area contributed by atoms with Crippen LogP contribution >= 0.6 is 15.9 Å². The van der Waals surface area contributed by atoms with E-state index in [2.05, 4.69) is 35.8 Å². The highest BCUT2D eigenvalue weighted by Gasteiger charge is 2.23. The van der Waals surface area contributed by atoms with Crippen LogP contribution in [0.1, 0.15) is 10.4 Å². The maximum Gasteiger partial charge on any atom is 0.255 e. The molecule has 26 heavy (non-hydrogen) atoms. The molecular formula is C18H17BrN6O. The topological polar surface area (TPSA) is 67.2 Å². The van der Waals surface area contributed by atoms with Crippen molar-refractivity contribution in [3.63, 3.8) is 0 Å². The lowest BCUT2D eigenvalue weighted by atomic mass is 10.2. The lowest BCUT2D eigenvalue weighted by Gasteiger charge is -2.35. The molecule has 3 aromatic heterocycles. The predicted molar refractivity (Wildman–Crippen MR) is 101 cm³/mol. The molecule has 1 amide bonds. The zero-order chi connectivity index (χ0) is 17.9. The Bertz CT molecular complexity index is 906. The quantitative estimate of drug-likeness (QED) is 0.660. The van der Waals surface area contributed by atoms with Crippen LogP contribution in [0.25, 0.3) is 5.82 Å². The molecule has 0 saturated carbocycles. The van der Waals surface area contributed by atoms with E-state index in [1.54, 1.807) is 24.8 Å². The van der Waals surface area contributed by atoms with Gasteiger partial charge in [0.15, 0.2) is 0 Å². The number of anilines is 1. The van der Waals surface area contributed by atoms with Gasteiger partial charge in [-0.05, 0) is 34.1 Å². The molecule has 0 aliphatic carbocycles. The number of amides is 1. The van der Waals surface area contributed by atoms with Crippen LogP contribution in [0.2, 0.25) is 0 Å². The zero-order valence-electron chi connectivity index (χ0n) is 14.0. The van der Waals surface area contributed by atoms with Crippen LogP contribution in [0.3, 0.4) is 0 Å². The van der Waals surface area contributed by atoms with E-state index in [-0.39, 0.29) is 5.91 Å². The van der Waals surface area contributed by atoms with Crippen molar-refractivity contribution in [2.45, 2.75) is 0 Å². The van der Waals surface area contributed by atoms with Crippen LogP contribution in [0.15, 0.2) is 59.9 Å². The molecule has 1 saturated heterocycles. The molecule has 3 aromatic rings. The van der Waals surface area contributed by atoms with E-state index < -0.39 is 0 Å². The van der Waals surface area contributed by atoms with Gasteiger partial charge in [-0.1, -0.05) is 0 Å². The van der Waals surface area contributed by atoms with Gasteiger partial charge < -0.3 is 14.4 Å². The van der Waals surface area contributed by atoms with Gasteiger partial charge in [-0.25, -0.2) is 9.97 Å². The Labute approximate surface area is 159 Å². The first-order valence-corrected chi connectivity index (χ1v) is 9.10. The summed E-state index contributed by atoms with van der Waals surface area (Å²) in [6, 6.07) is 7.69. The van der Waals surface area contributed by atoms with Crippen molar-refractivity contribution in [3.8, 4) is 5.82 Å². The van der Waals surface area contributed by atoms with Gasteiger partial charge in [0.2, 0.25) is 0 Å². The van der Waals surface area contributed by atoms with Gasteiger partial charge in [0.25, 0.3) is 5.91 Å². The highest BCUT2D eigenvalue weighted by Crippen LogP contribution is 2.18. The Morgan fingerprint density at radius 2 is 1.69 bits per heavy atom. The Balaban J connectivity index is 1.44. The van der Waals surface area contributed by atoms with Gasteiger partial charge in [-0.3, -0.25) is 9.78 Å². The van der Waals surface area contributed by atoms with Gasteiger partial charge in [0.1, 0.15) is 18.0 Å². The van der Waals surface area contributed by atoms with Gasteiger partial charge in [0, 0.05) is 61.5 Å². The molecule has 1 aliphatic heterocycles. The Hall–Kier alpha value is -2.74. The van der Waals surface area contributed by atoms with Crippen LogP contribution in [0.5, 0.6) is 0 Å². The zero-order valence-corrected chi connectivity index (χ0v) is 15.6. The lowest BCUT2D eigenvalue weighted by Crippen LogP contribution is -2.49. The Morgan fingerprint density at radius 1 is 0.962 bits per heavy atom. The van der Waals surface area contributed by atoms with E-state index in [1.165, 1.54) is 0 Å². The van der Waals surface area contributed by atoms with Crippen molar-refractivity contribution >= 4 is 27.7 Å². The van der Waals surface area contributed by atoms with Crippen LogP contribution in [-0.2, 0) is 0 Å². The molecule has 0 bridgehead atoms. The third-order valence-corrected chi connectivity index (χ3v) is 4.78. The van der Waals surface area contributed by atoms with Crippen LogP contribution < -0.4 is 4.90 Å². The van der Waals surface area contributed by atoms with Crippen molar-refractivity contribution < 1.29 is 4.79 Å². The summed E-state index contributed by atoms with van der Waals surface area (Å²) in [5, 5.41) is 0. The summed E-state index contributed by atoms with van der Waals surface area (Å²) in [7, 11) is 0. The van der Waals surface area contributed by atoms with Crippen LogP contribution in [0.4, 0.5) is 5.82 Å². The molecule has 4 rings (SSSR count). The number of carbonyl (C=O) groups is 1. The first kappa shape index (κ1) is 16.7. The molecule has 1 aliphatic rings. The summed E-state index contributed by atoms with van der Waals surface area (Å²) >= 11 is 3.36. The van der Waals surface area contributed by atoms with Gasteiger partial charge in [-0.15, -0.1) is 0 Å². The first-order chi connectivity index (χ1) is 12.7. The monoisotopic (exact) mass is 412 g/mol. The molecule has 132 valence electrons. The molecule has 1 fully saturated rings. The fourth-order valence-electron chi connectivity index (χ4n) is 2.99. The van der Waals surface area contributed by atoms with Crippen LogP contribution in [-0.4, -0.2) is 56.5 Å². The summed E-state index contributed by atoms with van der Waals surface area (Å²) in [4.78, 5) is 29.4. The van der Waals surface area contributed by atoms with E-state index >= 15 is 0 Å². The van der Waals surface area contributed by atoms with Gasteiger partial charge in [0.05, 0.1) is 5.56 Å². The maximum absolute atomic E-state index is 12.6. The molecule has 0 spiro atoms. The largest absolute Gasteiger partial charge is 0.353 e. The number of hydrogen-bond donors (Lipinski definition) is 0. The van der Waals surface area contributed by atoms with Crippen molar-refractivity contribution in [2.75, 3.05) is 31.1 Å². The number of nitrogens with zero attached hydrogens (tertiary/aromatic N) is 6. The Kier molecular flexibility index (Phi) is 4.66. The summed E-state index contributed by atoms with van der Waals surface area (Å²) in [5.41, 5.74) is 0.602. The minimum Gasteiger partial charge on any atom is -0.353 e. The third kappa shape index (κ3) is 3.45. The maximum atomic E-state index is 12.6. The van der Waals surface area contributed by atoms with Crippen molar-refractivity contribution in [1.29, 1.82) is 0 Å². The third-order valence-electron chi connectivity index (χ3n) is 4.35. The second-order valence-electron chi connectivity index (χ2n) is 6.00. The molecule has 0 N–H and O–H groups in total. The van der Waals surface area contributed by atoms with Gasteiger partial charge in [-0.2, -0.15) is 0 Å². The number of piperazine rings is 1. The second-order valence-corrected chi connectivity index (χ2v) is 6.91. The predicted octanol–water partition coefficient (Wildman–Crippen LogP) is 2.39. The van der Waals surface area contributed by atoms with Gasteiger partial charge >= 0.3 is 0 Å². The number of carbonyl (C=O) groups excluding carboxylic acids is 1. The van der Waals surface area contributed by atoms with E-state index in [0.29, 0.717) is 18.7 Å². The van der Waals surface area contributed by atoms with Crippen molar-refractivity contribution in [3.05, 3.63) is 65.4 Å². The number of aromatic nitrogens is 4. The number of halogens is 1. The van der Waals surface area contributed by atoms with E-state index in [9.17, 15) is 4.79 Å². The normalized spacial score (nSPS) is 14.5. The van der Waals surface area contributed by atoms with E-state index in [1.807, 2.05) is 40.1 Å². The van der Waals surface area contributed by atoms with E-state index in [4.69, 9.17) is 0 Å². The van der Waals surface area contributed by atoms with Crippen molar-refractivity contribution in [2.24, 2.45) is 0 Å². The fraction of sp³-hybridized carbons (Fsp3) is 0.222. The number of rotatable bonds is 3. The highest BCUT2D eigenvalue weighted by molar-refractivity contribution is 9.10. The molecule has 0 unspecified atom stereocenters. The fourth-order valence-corrected chi connectivity index (χ4v) is 3.35. The molecule has 0 atom stereocenters. The smallest absolute Gasteiger partial charge is 0.255 e. The first-order valence-electron chi connectivity index (χ1n) is 8.31. The molecule has 8 heteroatoms.